The molecule has 1 aliphatic heterocycles. The average Bonchev–Trinajstić information content (AvgIpc) is 2.75. The first-order chi connectivity index (χ1) is 11.8. The molecule has 1 aromatic carbocycles. The number of benzene rings is 1. The molecule has 1 aromatic rings. The number of nitrogens with zero attached hydrogens (tertiary/aromatic N) is 1. The standard InChI is InChI=1S/C19H29N3O3/c1-14(25-4)17(23)20-15-7-5-8-16(13-15)21-18(24)22-11-6-9-19(2,3)10-12-22/h5,7-8,13-14H,6,9-12H2,1-4H3,(H,20,23)(H,21,24)/t14-/m0/s1. The van der Waals surface area contributed by atoms with Gasteiger partial charge in [0.15, 0.2) is 0 Å². The molecule has 3 amide bonds. The number of nitrogens with one attached hydrogen (secondary N) is 2. The average molecular weight is 347 g/mol. The van der Waals surface area contributed by atoms with Crippen LogP contribution in [0.2, 0.25) is 0 Å². The first-order valence-corrected chi connectivity index (χ1v) is 8.80. The van der Waals surface area contributed by atoms with Crippen LogP contribution in [0.15, 0.2) is 24.3 Å². The fraction of sp³-hybridized carbons (Fsp3) is 0.579. The Morgan fingerprint density at radius 1 is 1.16 bits per heavy atom. The fourth-order valence-electron chi connectivity index (χ4n) is 2.85. The monoisotopic (exact) mass is 347 g/mol. The van der Waals surface area contributed by atoms with Crippen molar-refractivity contribution in [3.05, 3.63) is 24.3 Å². The minimum absolute atomic E-state index is 0.0913. The Morgan fingerprint density at radius 2 is 1.84 bits per heavy atom. The Morgan fingerprint density at radius 3 is 2.52 bits per heavy atom. The smallest absolute Gasteiger partial charge is 0.321 e. The molecule has 138 valence electrons. The zero-order valence-electron chi connectivity index (χ0n) is 15.6. The van der Waals surface area contributed by atoms with Gasteiger partial charge in [-0.15, -0.1) is 0 Å². The Kier molecular flexibility index (Phi) is 6.42. The Hall–Kier alpha value is -2.08. The maximum absolute atomic E-state index is 12.5. The minimum Gasteiger partial charge on any atom is -0.372 e. The molecule has 0 unspecified atom stereocenters. The molecule has 0 aromatic heterocycles. The number of hydrogen-bond acceptors (Lipinski definition) is 3. The number of amides is 3. The number of rotatable bonds is 4. The molecular weight excluding hydrogens is 318 g/mol. The van der Waals surface area contributed by atoms with Gasteiger partial charge in [-0.1, -0.05) is 19.9 Å². The first-order valence-electron chi connectivity index (χ1n) is 8.80. The number of carbonyl (C=O) groups is 2. The number of carbonyl (C=O) groups excluding carboxylic acids is 2. The summed E-state index contributed by atoms with van der Waals surface area (Å²) >= 11 is 0. The van der Waals surface area contributed by atoms with Crippen LogP contribution in [-0.4, -0.2) is 43.1 Å². The summed E-state index contributed by atoms with van der Waals surface area (Å²) in [5, 5.41) is 5.71. The van der Waals surface area contributed by atoms with Gasteiger partial charge in [-0.25, -0.2) is 4.79 Å². The van der Waals surface area contributed by atoms with Gasteiger partial charge in [0, 0.05) is 31.6 Å². The zero-order valence-corrected chi connectivity index (χ0v) is 15.6. The normalized spacial score (nSPS) is 18.2. The quantitative estimate of drug-likeness (QED) is 0.872. The lowest BCUT2D eigenvalue weighted by Crippen LogP contribution is -2.36. The van der Waals surface area contributed by atoms with Crippen LogP contribution >= 0.6 is 0 Å². The second-order valence-corrected chi connectivity index (χ2v) is 7.38. The molecule has 25 heavy (non-hydrogen) atoms. The Labute approximate surface area is 149 Å². The molecule has 2 N–H and O–H groups in total. The molecule has 0 bridgehead atoms. The SMILES string of the molecule is CO[C@@H](C)C(=O)Nc1cccc(NC(=O)N2CCCC(C)(C)CC2)c1. The van der Waals surface area contributed by atoms with E-state index in [1.165, 1.54) is 7.11 Å². The van der Waals surface area contributed by atoms with E-state index in [4.69, 9.17) is 4.74 Å². The highest BCUT2D eigenvalue weighted by Crippen LogP contribution is 2.30. The summed E-state index contributed by atoms with van der Waals surface area (Å²) in [6.45, 7) is 7.72. The fourth-order valence-corrected chi connectivity index (χ4v) is 2.85. The minimum atomic E-state index is -0.529. The molecule has 0 spiro atoms. The lowest BCUT2D eigenvalue weighted by atomic mass is 9.85. The molecule has 6 nitrogen and oxygen atoms in total. The van der Waals surface area contributed by atoms with Gasteiger partial charge in [0.05, 0.1) is 0 Å². The van der Waals surface area contributed by atoms with Gasteiger partial charge in [-0.2, -0.15) is 0 Å². The Balaban J connectivity index is 1.97. The molecule has 0 radical (unpaired) electrons. The molecule has 0 saturated carbocycles. The van der Waals surface area contributed by atoms with Crippen molar-refractivity contribution in [1.82, 2.24) is 4.90 Å². The lowest BCUT2D eigenvalue weighted by molar-refractivity contribution is -0.124. The topological polar surface area (TPSA) is 70.7 Å². The van der Waals surface area contributed by atoms with E-state index in [0.29, 0.717) is 11.4 Å². The summed E-state index contributed by atoms with van der Waals surface area (Å²) in [6, 6.07) is 7.06. The largest absolute Gasteiger partial charge is 0.372 e. The predicted octanol–water partition coefficient (Wildman–Crippen LogP) is 3.70. The predicted molar refractivity (Wildman–Crippen MR) is 99.8 cm³/mol. The third kappa shape index (κ3) is 5.74. The van der Waals surface area contributed by atoms with Gasteiger partial charge in [-0.3, -0.25) is 4.79 Å². The van der Waals surface area contributed by atoms with Gasteiger partial charge in [0.25, 0.3) is 5.91 Å². The molecule has 1 fully saturated rings. The van der Waals surface area contributed by atoms with E-state index in [2.05, 4.69) is 24.5 Å². The summed E-state index contributed by atoms with van der Waals surface area (Å²) in [5.74, 6) is -0.222. The van der Waals surface area contributed by atoms with Crippen LogP contribution in [0.25, 0.3) is 0 Å². The highest BCUT2D eigenvalue weighted by molar-refractivity contribution is 5.95. The van der Waals surface area contributed by atoms with Gasteiger partial charge < -0.3 is 20.3 Å². The van der Waals surface area contributed by atoms with Gasteiger partial charge in [0.1, 0.15) is 6.10 Å². The van der Waals surface area contributed by atoms with E-state index in [9.17, 15) is 9.59 Å². The highest BCUT2D eigenvalue weighted by Gasteiger charge is 2.25. The summed E-state index contributed by atoms with van der Waals surface area (Å²) in [4.78, 5) is 26.3. The summed E-state index contributed by atoms with van der Waals surface area (Å²) in [6.07, 6.45) is 2.63. The van der Waals surface area contributed by atoms with Crippen molar-refractivity contribution < 1.29 is 14.3 Å². The van der Waals surface area contributed by atoms with Crippen molar-refractivity contribution in [1.29, 1.82) is 0 Å². The third-order valence-corrected chi connectivity index (χ3v) is 4.73. The number of hydrogen-bond donors (Lipinski definition) is 2. The van der Waals surface area contributed by atoms with E-state index >= 15 is 0 Å². The molecule has 1 aliphatic rings. The van der Waals surface area contributed by atoms with Crippen LogP contribution < -0.4 is 10.6 Å². The molecule has 1 saturated heterocycles. The van der Waals surface area contributed by atoms with Crippen molar-refractivity contribution in [3.63, 3.8) is 0 Å². The molecule has 2 rings (SSSR count). The second kappa shape index (κ2) is 8.34. The van der Waals surface area contributed by atoms with Crippen molar-refractivity contribution in [2.24, 2.45) is 5.41 Å². The van der Waals surface area contributed by atoms with E-state index in [1.807, 2.05) is 11.0 Å². The maximum Gasteiger partial charge on any atom is 0.321 e. The van der Waals surface area contributed by atoms with Crippen molar-refractivity contribution >= 4 is 23.3 Å². The van der Waals surface area contributed by atoms with Crippen LogP contribution in [0, 0.1) is 5.41 Å². The van der Waals surface area contributed by atoms with Crippen molar-refractivity contribution in [2.75, 3.05) is 30.8 Å². The molecular formula is C19H29N3O3. The first kappa shape index (κ1) is 19.2. The maximum atomic E-state index is 12.5. The van der Waals surface area contributed by atoms with E-state index in [-0.39, 0.29) is 17.4 Å². The molecule has 1 heterocycles. The van der Waals surface area contributed by atoms with Crippen molar-refractivity contribution in [2.45, 2.75) is 46.1 Å². The number of urea groups is 1. The van der Waals surface area contributed by atoms with Crippen LogP contribution in [0.1, 0.15) is 40.0 Å². The summed E-state index contributed by atoms with van der Waals surface area (Å²) in [5.41, 5.74) is 1.58. The lowest BCUT2D eigenvalue weighted by Gasteiger charge is -2.23. The van der Waals surface area contributed by atoms with Gasteiger partial charge >= 0.3 is 6.03 Å². The van der Waals surface area contributed by atoms with E-state index < -0.39 is 6.10 Å². The number of ether oxygens (including phenoxy) is 1. The number of anilines is 2. The summed E-state index contributed by atoms with van der Waals surface area (Å²) in [7, 11) is 1.49. The Bertz CT molecular complexity index is 616. The van der Waals surface area contributed by atoms with Crippen LogP contribution in [0.3, 0.4) is 0 Å². The van der Waals surface area contributed by atoms with Crippen LogP contribution in [-0.2, 0) is 9.53 Å². The third-order valence-electron chi connectivity index (χ3n) is 4.73. The van der Waals surface area contributed by atoms with Gasteiger partial charge in [-0.05, 0) is 49.8 Å². The van der Waals surface area contributed by atoms with Crippen molar-refractivity contribution in [3.8, 4) is 0 Å². The highest BCUT2D eigenvalue weighted by atomic mass is 16.5. The summed E-state index contributed by atoms with van der Waals surface area (Å²) < 4.78 is 5.00. The molecule has 0 aliphatic carbocycles. The van der Waals surface area contributed by atoms with Gasteiger partial charge in [0.2, 0.25) is 0 Å². The van der Waals surface area contributed by atoms with Crippen LogP contribution in [0.5, 0.6) is 0 Å². The molecule has 1 atom stereocenters. The van der Waals surface area contributed by atoms with E-state index in [0.717, 1.165) is 32.4 Å². The number of likely N-dealkylation sites (tertiary alicyclic amines) is 1. The second-order valence-electron chi connectivity index (χ2n) is 7.38. The van der Waals surface area contributed by atoms with E-state index in [1.54, 1.807) is 25.1 Å². The zero-order chi connectivity index (χ0) is 18.4. The molecule has 6 heteroatoms. The number of methoxy groups -OCH3 is 1. The van der Waals surface area contributed by atoms with Crippen LogP contribution in [0.4, 0.5) is 16.2 Å².